The fraction of sp³-hybridized carbons (Fsp3) is 0.333. The lowest BCUT2D eigenvalue weighted by molar-refractivity contribution is -0.0438. The van der Waals surface area contributed by atoms with Crippen LogP contribution < -0.4 is 14.8 Å². The van der Waals surface area contributed by atoms with E-state index in [1.165, 1.54) is 19.2 Å². The normalized spacial score (nSPS) is 18.9. The monoisotopic (exact) mass is 351 g/mol. The summed E-state index contributed by atoms with van der Waals surface area (Å²) in [6.45, 7) is 2.08. The molecule has 0 aliphatic carbocycles. The first-order valence-electron chi connectivity index (χ1n) is 7.75. The molecule has 1 saturated heterocycles. The zero-order valence-electron chi connectivity index (χ0n) is 13.3. The van der Waals surface area contributed by atoms with Crippen molar-refractivity contribution in [3.8, 4) is 11.5 Å². The van der Waals surface area contributed by atoms with E-state index in [9.17, 15) is 4.39 Å². The molecule has 4 nitrogen and oxygen atoms in total. The summed E-state index contributed by atoms with van der Waals surface area (Å²) in [7, 11) is 1.48. The van der Waals surface area contributed by atoms with Gasteiger partial charge in [-0.05, 0) is 29.8 Å². The Hall–Kier alpha value is -1.82. The average molecular weight is 352 g/mol. The minimum absolute atomic E-state index is 0.172. The maximum atomic E-state index is 13.4. The number of benzene rings is 2. The first-order valence-corrected chi connectivity index (χ1v) is 8.13. The highest BCUT2D eigenvalue weighted by molar-refractivity contribution is 6.30. The van der Waals surface area contributed by atoms with Crippen LogP contribution in [0.5, 0.6) is 11.5 Å². The molecule has 2 aromatic carbocycles. The maximum absolute atomic E-state index is 13.4. The number of halogens is 2. The molecule has 0 saturated carbocycles. The van der Waals surface area contributed by atoms with Crippen LogP contribution in [0.15, 0.2) is 42.5 Å². The summed E-state index contributed by atoms with van der Waals surface area (Å²) in [5.41, 5.74) is 0.930. The Balaban J connectivity index is 1.91. The van der Waals surface area contributed by atoms with E-state index in [1.54, 1.807) is 6.07 Å². The number of nitrogens with one attached hydrogen (secondary N) is 1. The van der Waals surface area contributed by atoms with Crippen LogP contribution in [-0.2, 0) is 4.74 Å². The fourth-order valence-corrected chi connectivity index (χ4v) is 2.79. The van der Waals surface area contributed by atoms with Crippen molar-refractivity contribution in [1.29, 1.82) is 0 Å². The predicted octanol–water partition coefficient (Wildman–Crippen LogP) is 3.60. The number of hydrogen-bond acceptors (Lipinski definition) is 4. The zero-order valence-corrected chi connectivity index (χ0v) is 14.1. The standard InChI is InChI=1S/C18H19ClFNO3/c1-22-16-10-14(20)6-7-15(16)24-18(17-11-21-8-9-23-17)12-2-4-13(19)5-3-12/h2-7,10,17-18,21H,8-9,11H2,1H3/t17-,18?/m0/s1. The first kappa shape index (κ1) is 17.0. The van der Waals surface area contributed by atoms with Crippen LogP contribution in [0.4, 0.5) is 4.39 Å². The number of rotatable bonds is 5. The van der Waals surface area contributed by atoms with Crippen LogP contribution in [0.25, 0.3) is 0 Å². The van der Waals surface area contributed by atoms with Gasteiger partial charge in [0, 0.05) is 24.2 Å². The smallest absolute Gasteiger partial charge is 0.163 e. The van der Waals surface area contributed by atoms with Gasteiger partial charge in [0.2, 0.25) is 0 Å². The third-order valence-electron chi connectivity index (χ3n) is 3.87. The second-order valence-electron chi connectivity index (χ2n) is 5.50. The van der Waals surface area contributed by atoms with Gasteiger partial charge in [-0.2, -0.15) is 0 Å². The largest absolute Gasteiger partial charge is 0.493 e. The molecule has 0 radical (unpaired) electrons. The van der Waals surface area contributed by atoms with E-state index < -0.39 is 0 Å². The van der Waals surface area contributed by atoms with Gasteiger partial charge in [0.05, 0.1) is 13.7 Å². The molecule has 3 rings (SSSR count). The summed E-state index contributed by atoms with van der Waals surface area (Å²) >= 11 is 5.98. The van der Waals surface area contributed by atoms with Crippen LogP contribution in [0.2, 0.25) is 5.02 Å². The van der Waals surface area contributed by atoms with Gasteiger partial charge < -0.3 is 19.5 Å². The highest BCUT2D eigenvalue weighted by Crippen LogP contribution is 2.34. The van der Waals surface area contributed by atoms with E-state index in [-0.39, 0.29) is 18.0 Å². The number of morpholine rings is 1. The van der Waals surface area contributed by atoms with Gasteiger partial charge in [-0.25, -0.2) is 4.39 Å². The molecule has 0 bridgehead atoms. The summed E-state index contributed by atoms with van der Waals surface area (Å²) in [6, 6.07) is 11.6. The van der Waals surface area contributed by atoms with Gasteiger partial charge in [0.25, 0.3) is 0 Å². The van der Waals surface area contributed by atoms with E-state index in [0.717, 1.165) is 12.1 Å². The lowest BCUT2D eigenvalue weighted by atomic mass is 10.0. The van der Waals surface area contributed by atoms with Crippen molar-refractivity contribution in [2.75, 3.05) is 26.8 Å². The molecule has 6 heteroatoms. The average Bonchev–Trinajstić information content (AvgIpc) is 2.62. The number of ether oxygens (including phenoxy) is 3. The number of methoxy groups -OCH3 is 1. The van der Waals surface area contributed by atoms with Crippen molar-refractivity contribution in [2.45, 2.75) is 12.2 Å². The SMILES string of the molecule is COc1cc(F)ccc1OC(c1ccc(Cl)cc1)[C@@H]1CNCCO1. The molecule has 2 atom stereocenters. The second-order valence-corrected chi connectivity index (χ2v) is 5.93. The molecule has 1 N–H and O–H groups in total. The predicted molar refractivity (Wildman–Crippen MR) is 90.4 cm³/mol. The topological polar surface area (TPSA) is 39.7 Å². The van der Waals surface area contributed by atoms with Crippen molar-refractivity contribution in [3.05, 3.63) is 58.9 Å². The summed E-state index contributed by atoms with van der Waals surface area (Å²) in [4.78, 5) is 0. The van der Waals surface area contributed by atoms with Gasteiger partial charge >= 0.3 is 0 Å². The molecular formula is C18H19ClFNO3. The zero-order chi connectivity index (χ0) is 16.9. The Labute approximate surface area is 145 Å². The Bertz CT molecular complexity index is 674. The second kappa shape index (κ2) is 7.83. The van der Waals surface area contributed by atoms with E-state index >= 15 is 0 Å². The van der Waals surface area contributed by atoms with Crippen molar-refractivity contribution < 1.29 is 18.6 Å². The van der Waals surface area contributed by atoms with Crippen molar-refractivity contribution in [1.82, 2.24) is 5.32 Å². The lowest BCUT2D eigenvalue weighted by Crippen LogP contribution is -2.43. The molecule has 128 valence electrons. The van der Waals surface area contributed by atoms with Crippen LogP contribution in [0.1, 0.15) is 11.7 Å². The molecule has 1 fully saturated rings. The Morgan fingerprint density at radius 1 is 1.21 bits per heavy atom. The molecule has 2 aromatic rings. The molecule has 0 spiro atoms. The lowest BCUT2D eigenvalue weighted by Gasteiger charge is -2.32. The molecule has 24 heavy (non-hydrogen) atoms. The summed E-state index contributed by atoms with van der Waals surface area (Å²) in [5.74, 6) is 0.434. The highest BCUT2D eigenvalue weighted by Gasteiger charge is 2.28. The van der Waals surface area contributed by atoms with E-state index in [0.29, 0.717) is 29.7 Å². The van der Waals surface area contributed by atoms with Gasteiger partial charge in [-0.1, -0.05) is 23.7 Å². The molecule has 1 heterocycles. The molecule has 1 unspecified atom stereocenters. The molecular weight excluding hydrogens is 333 g/mol. The Morgan fingerprint density at radius 3 is 2.67 bits per heavy atom. The van der Waals surface area contributed by atoms with Crippen LogP contribution >= 0.6 is 11.6 Å². The third kappa shape index (κ3) is 3.98. The summed E-state index contributed by atoms with van der Waals surface area (Å²) in [6.07, 6.45) is -0.538. The Morgan fingerprint density at radius 2 is 2.00 bits per heavy atom. The fourth-order valence-electron chi connectivity index (χ4n) is 2.67. The van der Waals surface area contributed by atoms with Crippen molar-refractivity contribution >= 4 is 11.6 Å². The molecule has 0 amide bonds. The van der Waals surface area contributed by atoms with Crippen molar-refractivity contribution in [3.63, 3.8) is 0 Å². The molecule has 0 aromatic heterocycles. The summed E-state index contributed by atoms with van der Waals surface area (Å²) in [5, 5.41) is 3.95. The first-order chi connectivity index (χ1) is 11.7. The Kier molecular flexibility index (Phi) is 5.56. The van der Waals surface area contributed by atoms with Gasteiger partial charge in [-0.15, -0.1) is 0 Å². The molecule has 1 aliphatic rings. The summed E-state index contributed by atoms with van der Waals surface area (Å²) < 4.78 is 30.7. The minimum Gasteiger partial charge on any atom is -0.493 e. The van der Waals surface area contributed by atoms with Crippen LogP contribution in [-0.4, -0.2) is 32.9 Å². The van der Waals surface area contributed by atoms with Crippen LogP contribution in [0, 0.1) is 5.82 Å². The van der Waals surface area contributed by atoms with Gasteiger partial charge in [-0.3, -0.25) is 0 Å². The minimum atomic E-state index is -0.377. The van der Waals surface area contributed by atoms with E-state index in [2.05, 4.69) is 5.32 Å². The van der Waals surface area contributed by atoms with E-state index in [1.807, 2.05) is 24.3 Å². The third-order valence-corrected chi connectivity index (χ3v) is 4.12. The van der Waals surface area contributed by atoms with Gasteiger partial charge in [0.1, 0.15) is 11.9 Å². The highest BCUT2D eigenvalue weighted by atomic mass is 35.5. The van der Waals surface area contributed by atoms with E-state index in [4.69, 9.17) is 25.8 Å². The molecule has 1 aliphatic heterocycles. The number of hydrogen-bond donors (Lipinski definition) is 1. The quantitative estimate of drug-likeness (QED) is 0.893. The van der Waals surface area contributed by atoms with Crippen molar-refractivity contribution in [2.24, 2.45) is 0 Å². The van der Waals surface area contributed by atoms with Gasteiger partial charge in [0.15, 0.2) is 17.6 Å². The van der Waals surface area contributed by atoms with Crippen LogP contribution in [0.3, 0.4) is 0 Å². The maximum Gasteiger partial charge on any atom is 0.163 e.